The van der Waals surface area contributed by atoms with Crippen LogP contribution in [-0.4, -0.2) is 59.4 Å². The van der Waals surface area contributed by atoms with Crippen LogP contribution in [0.5, 0.6) is 0 Å². The van der Waals surface area contributed by atoms with Gasteiger partial charge in [-0.3, -0.25) is 9.89 Å². The van der Waals surface area contributed by atoms with E-state index < -0.39 is 0 Å². The molecule has 6 nitrogen and oxygen atoms in total. The molecule has 2 N–H and O–H groups in total. The van der Waals surface area contributed by atoms with E-state index in [0.29, 0.717) is 6.04 Å². The summed E-state index contributed by atoms with van der Waals surface area (Å²) in [6.45, 7) is 3.25. The van der Waals surface area contributed by atoms with Gasteiger partial charge in [0.05, 0.1) is 5.69 Å². The average molecular weight is 381 g/mol. The zero-order valence-corrected chi connectivity index (χ0v) is 16.8. The van der Waals surface area contributed by atoms with Crippen LogP contribution in [0.2, 0.25) is 0 Å². The molecule has 2 heterocycles. The van der Waals surface area contributed by atoms with Crippen molar-refractivity contribution in [3.05, 3.63) is 48.3 Å². The molecule has 1 aromatic carbocycles. The Bertz CT molecular complexity index is 746. The third-order valence-electron chi connectivity index (χ3n) is 6.04. The zero-order chi connectivity index (χ0) is 19.2. The number of benzene rings is 1. The summed E-state index contributed by atoms with van der Waals surface area (Å²) in [7, 11) is 1.86. The SMILES string of the molecule is CN=C(NCCc1ccc(-n2cccn2)cc1)NC1CCN(C2CCCC2)C1. The van der Waals surface area contributed by atoms with Crippen LogP contribution in [0.25, 0.3) is 5.69 Å². The number of aliphatic imine (C=N–C) groups is 1. The molecule has 1 aliphatic heterocycles. The highest BCUT2D eigenvalue weighted by Crippen LogP contribution is 2.26. The van der Waals surface area contributed by atoms with Gasteiger partial charge in [-0.05, 0) is 49.4 Å². The Morgan fingerprint density at radius 1 is 1.18 bits per heavy atom. The molecule has 1 saturated heterocycles. The van der Waals surface area contributed by atoms with Crippen LogP contribution < -0.4 is 10.6 Å². The summed E-state index contributed by atoms with van der Waals surface area (Å²) >= 11 is 0. The van der Waals surface area contributed by atoms with Crippen LogP contribution in [0.4, 0.5) is 0 Å². The highest BCUT2D eigenvalue weighted by atomic mass is 15.3. The molecule has 1 saturated carbocycles. The summed E-state index contributed by atoms with van der Waals surface area (Å²) in [5.41, 5.74) is 2.40. The molecule has 1 aliphatic carbocycles. The maximum absolute atomic E-state index is 4.42. The maximum Gasteiger partial charge on any atom is 0.191 e. The minimum absolute atomic E-state index is 0.514. The van der Waals surface area contributed by atoms with Gasteiger partial charge in [0, 0.05) is 51.2 Å². The van der Waals surface area contributed by atoms with Crippen LogP contribution >= 0.6 is 0 Å². The molecule has 0 radical (unpaired) electrons. The van der Waals surface area contributed by atoms with Gasteiger partial charge in [0.1, 0.15) is 0 Å². The van der Waals surface area contributed by atoms with Crippen LogP contribution in [-0.2, 0) is 6.42 Å². The Hall–Kier alpha value is -2.34. The lowest BCUT2D eigenvalue weighted by molar-refractivity contribution is 0.242. The summed E-state index contributed by atoms with van der Waals surface area (Å²) in [6.07, 6.45) is 11.5. The molecule has 0 spiro atoms. The number of hydrogen-bond donors (Lipinski definition) is 2. The van der Waals surface area contributed by atoms with E-state index in [2.05, 4.69) is 49.9 Å². The lowest BCUT2D eigenvalue weighted by Gasteiger charge is -2.24. The molecule has 2 aromatic rings. The fraction of sp³-hybridized carbons (Fsp3) is 0.545. The standard InChI is InChI=1S/C22H32N6/c1-23-22(26-19-12-16-27(17-19)20-5-2-3-6-20)24-14-11-18-7-9-21(10-8-18)28-15-4-13-25-28/h4,7-10,13,15,19-20H,2-3,5-6,11-12,14,16-17H2,1H3,(H2,23,24,26). The van der Waals surface area contributed by atoms with E-state index in [-0.39, 0.29) is 0 Å². The number of guanidine groups is 1. The van der Waals surface area contributed by atoms with Gasteiger partial charge in [-0.25, -0.2) is 4.68 Å². The van der Waals surface area contributed by atoms with E-state index in [1.807, 2.05) is 24.0 Å². The quantitative estimate of drug-likeness (QED) is 0.597. The van der Waals surface area contributed by atoms with Crippen LogP contribution in [0.15, 0.2) is 47.7 Å². The molecule has 0 amide bonds. The summed E-state index contributed by atoms with van der Waals surface area (Å²) in [4.78, 5) is 7.10. The lowest BCUT2D eigenvalue weighted by Crippen LogP contribution is -2.45. The highest BCUT2D eigenvalue weighted by Gasteiger charge is 2.30. The highest BCUT2D eigenvalue weighted by molar-refractivity contribution is 5.80. The predicted molar refractivity (Wildman–Crippen MR) is 114 cm³/mol. The molecular weight excluding hydrogens is 348 g/mol. The molecule has 0 bridgehead atoms. The molecular formula is C22H32N6. The summed E-state index contributed by atoms with van der Waals surface area (Å²) < 4.78 is 1.88. The largest absolute Gasteiger partial charge is 0.356 e. The van der Waals surface area contributed by atoms with Crippen molar-refractivity contribution >= 4 is 5.96 Å². The fourth-order valence-electron chi connectivity index (χ4n) is 4.46. The van der Waals surface area contributed by atoms with Crippen LogP contribution in [0.1, 0.15) is 37.7 Å². The fourth-order valence-corrected chi connectivity index (χ4v) is 4.46. The number of hydrogen-bond acceptors (Lipinski definition) is 3. The third-order valence-corrected chi connectivity index (χ3v) is 6.04. The van der Waals surface area contributed by atoms with E-state index in [9.17, 15) is 0 Å². The summed E-state index contributed by atoms with van der Waals surface area (Å²) in [5, 5.41) is 11.4. The normalized spacial score (nSPS) is 21.3. The van der Waals surface area contributed by atoms with Gasteiger partial charge in [0.15, 0.2) is 5.96 Å². The first kappa shape index (κ1) is 19.0. The van der Waals surface area contributed by atoms with Crippen molar-refractivity contribution < 1.29 is 0 Å². The summed E-state index contributed by atoms with van der Waals surface area (Å²) in [5.74, 6) is 0.923. The molecule has 28 heavy (non-hydrogen) atoms. The Balaban J connectivity index is 1.20. The van der Waals surface area contributed by atoms with Gasteiger partial charge in [-0.2, -0.15) is 5.10 Å². The Kier molecular flexibility index (Phi) is 6.27. The van der Waals surface area contributed by atoms with E-state index in [4.69, 9.17) is 0 Å². The first-order chi connectivity index (χ1) is 13.8. The van der Waals surface area contributed by atoms with Gasteiger partial charge in [-0.15, -0.1) is 0 Å². The monoisotopic (exact) mass is 380 g/mol. The molecule has 6 heteroatoms. The Morgan fingerprint density at radius 3 is 2.71 bits per heavy atom. The predicted octanol–water partition coefficient (Wildman–Crippen LogP) is 2.60. The molecule has 1 unspecified atom stereocenters. The first-order valence-electron chi connectivity index (χ1n) is 10.6. The number of nitrogens with zero attached hydrogens (tertiary/aromatic N) is 4. The molecule has 2 fully saturated rings. The maximum atomic E-state index is 4.42. The van der Waals surface area contributed by atoms with Crippen LogP contribution in [0.3, 0.4) is 0 Å². The van der Waals surface area contributed by atoms with Gasteiger partial charge in [-0.1, -0.05) is 25.0 Å². The number of rotatable bonds is 6. The Morgan fingerprint density at radius 2 is 2.00 bits per heavy atom. The van der Waals surface area contributed by atoms with Gasteiger partial charge in [0.2, 0.25) is 0 Å². The first-order valence-corrected chi connectivity index (χ1v) is 10.6. The smallest absolute Gasteiger partial charge is 0.191 e. The van der Waals surface area contributed by atoms with E-state index >= 15 is 0 Å². The van der Waals surface area contributed by atoms with E-state index in [0.717, 1.165) is 37.2 Å². The lowest BCUT2D eigenvalue weighted by atomic mass is 10.1. The topological polar surface area (TPSA) is 57.5 Å². The number of likely N-dealkylation sites (tertiary alicyclic amines) is 1. The third kappa shape index (κ3) is 4.73. The van der Waals surface area contributed by atoms with Crippen molar-refractivity contribution in [2.24, 2.45) is 4.99 Å². The van der Waals surface area contributed by atoms with Crippen molar-refractivity contribution in [1.29, 1.82) is 0 Å². The van der Waals surface area contributed by atoms with Crippen molar-refractivity contribution in [3.8, 4) is 5.69 Å². The van der Waals surface area contributed by atoms with Gasteiger partial charge < -0.3 is 10.6 Å². The molecule has 4 rings (SSSR count). The second-order valence-corrected chi connectivity index (χ2v) is 7.93. The zero-order valence-electron chi connectivity index (χ0n) is 16.8. The van der Waals surface area contributed by atoms with Crippen molar-refractivity contribution in [1.82, 2.24) is 25.3 Å². The molecule has 2 aliphatic rings. The van der Waals surface area contributed by atoms with Gasteiger partial charge >= 0.3 is 0 Å². The van der Waals surface area contributed by atoms with Crippen molar-refractivity contribution in [2.75, 3.05) is 26.7 Å². The number of nitrogens with one attached hydrogen (secondary N) is 2. The summed E-state index contributed by atoms with van der Waals surface area (Å²) in [6, 6.07) is 11.9. The Labute approximate surface area is 168 Å². The number of aromatic nitrogens is 2. The van der Waals surface area contributed by atoms with Gasteiger partial charge in [0.25, 0.3) is 0 Å². The molecule has 1 atom stereocenters. The van der Waals surface area contributed by atoms with Crippen LogP contribution in [0, 0.1) is 0 Å². The van der Waals surface area contributed by atoms with Crippen molar-refractivity contribution in [2.45, 2.75) is 50.6 Å². The van der Waals surface area contributed by atoms with E-state index in [1.54, 1.807) is 6.20 Å². The average Bonchev–Trinajstić information content (AvgIpc) is 3.50. The second-order valence-electron chi connectivity index (χ2n) is 7.93. The second kappa shape index (κ2) is 9.24. The molecule has 1 aromatic heterocycles. The van der Waals surface area contributed by atoms with Crippen molar-refractivity contribution in [3.63, 3.8) is 0 Å². The minimum Gasteiger partial charge on any atom is -0.356 e. The minimum atomic E-state index is 0.514. The molecule has 150 valence electrons. The van der Waals surface area contributed by atoms with E-state index in [1.165, 1.54) is 44.2 Å².